The Morgan fingerprint density at radius 3 is 2.21 bits per heavy atom. The monoisotopic (exact) mass is 466 g/mol. The number of hydrogen-bond donors (Lipinski definition) is 2. The van der Waals surface area contributed by atoms with E-state index < -0.39 is 36.2 Å². The highest BCUT2D eigenvalue weighted by molar-refractivity contribution is 5.98. The third-order valence-corrected chi connectivity index (χ3v) is 4.74. The number of methoxy groups -OCH3 is 2. The number of rotatable bonds is 9. The van der Waals surface area contributed by atoms with Crippen LogP contribution in [0.2, 0.25) is 0 Å². The predicted octanol–water partition coefficient (Wildman–Crippen LogP) is 3.50. The molecule has 3 aromatic rings. The average molecular weight is 466 g/mol. The average Bonchev–Trinajstić information content (AvgIpc) is 2.87. The quantitative estimate of drug-likeness (QED) is 0.468. The number of anilines is 1. The molecule has 9 heteroatoms. The molecule has 176 valence electrons. The Hall–Kier alpha value is -4.40. The van der Waals surface area contributed by atoms with Crippen molar-refractivity contribution in [3.05, 3.63) is 89.7 Å². The number of esters is 1. The first kappa shape index (κ1) is 24.2. The van der Waals surface area contributed by atoms with Gasteiger partial charge in [-0.1, -0.05) is 30.3 Å². The number of ether oxygens (including phenoxy) is 3. The summed E-state index contributed by atoms with van der Waals surface area (Å²) in [6.07, 6.45) is -1.28. The molecule has 0 saturated heterocycles. The first-order chi connectivity index (χ1) is 16.4. The molecule has 34 heavy (non-hydrogen) atoms. The molecule has 0 aromatic heterocycles. The summed E-state index contributed by atoms with van der Waals surface area (Å²) in [5, 5.41) is 5.05. The molecule has 0 aliphatic heterocycles. The van der Waals surface area contributed by atoms with Crippen molar-refractivity contribution in [2.24, 2.45) is 0 Å². The maximum Gasteiger partial charge on any atom is 0.326 e. The zero-order chi connectivity index (χ0) is 24.5. The molecule has 2 N–H and O–H groups in total. The summed E-state index contributed by atoms with van der Waals surface area (Å²) in [5.74, 6) is -1.62. The van der Waals surface area contributed by atoms with E-state index >= 15 is 0 Å². The number of nitrogens with one attached hydrogen (secondary N) is 2. The fraction of sp³-hybridized carbons (Fsp3) is 0.160. The Morgan fingerprint density at radius 2 is 1.56 bits per heavy atom. The summed E-state index contributed by atoms with van der Waals surface area (Å²) in [6.45, 7) is -0.472. The molecule has 0 bridgehead atoms. The standard InChI is InChI=1S/C25H23FN2O6/c1-32-20-13-8-17(14-21(20)33-2)24(30)27-15-22(29)34-23(16-6-4-3-5-7-16)25(31)28-19-11-9-18(26)10-12-19/h3-14,23H,15H2,1-2H3,(H,27,30)(H,28,31). The van der Waals surface area contributed by atoms with Crippen molar-refractivity contribution in [1.29, 1.82) is 0 Å². The lowest BCUT2D eigenvalue weighted by Crippen LogP contribution is -2.33. The molecule has 0 saturated carbocycles. The molecule has 0 heterocycles. The van der Waals surface area contributed by atoms with Gasteiger partial charge in [-0.2, -0.15) is 0 Å². The molecule has 1 unspecified atom stereocenters. The molecule has 3 aromatic carbocycles. The van der Waals surface area contributed by atoms with E-state index in [1.807, 2.05) is 0 Å². The number of carbonyl (C=O) groups is 3. The van der Waals surface area contributed by atoms with Crippen molar-refractivity contribution >= 4 is 23.5 Å². The largest absolute Gasteiger partial charge is 0.493 e. The lowest BCUT2D eigenvalue weighted by molar-refractivity contribution is -0.153. The van der Waals surface area contributed by atoms with Crippen molar-refractivity contribution in [1.82, 2.24) is 5.32 Å². The first-order valence-electron chi connectivity index (χ1n) is 10.2. The molecule has 3 rings (SSSR count). The fourth-order valence-corrected chi connectivity index (χ4v) is 3.05. The Kier molecular flexibility index (Phi) is 8.17. The van der Waals surface area contributed by atoms with Gasteiger partial charge in [0, 0.05) is 16.8 Å². The molecule has 0 aliphatic rings. The van der Waals surface area contributed by atoms with Crippen LogP contribution < -0.4 is 20.1 Å². The molecule has 0 aliphatic carbocycles. The van der Waals surface area contributed by atoms with Gasteiger partial charge in [-0.05, 0) is 42.5 Å². The van der Waals surface area contributed by atoms with Gasteiger partial charge in [0.05, 0.1) is 14.2 Å². The van der Waals surface area contributed by atoms with Crippen LogP contribution in [-0.4, -0.2) is 38.5 Å². The van der Waals surface area contributed by atoms with Crippen molar-refractivity contribution in [2.75, 3.05) is 26.1 Å². The zero-order valence-corrected chi connectivity index (χ0v) is 18.5. The normalized spacial score (nSPS) is 11.1. The van der Waals surface area contributed by atoms with Gasteiger partial charge in [-0.3, -0.25) is 14.4 Å². The highest BCUT2D eigenvalue weighted by atomic mass is 19.1. The summed E-state index contributed by atoms with van der Waals surface area (Å²) in [6, 6.07) is 18.1. The molecule has 0 radical (unpaired) electrons. The van der Waals surface area contributed by atoms with Gasteiger partial charge in [0.1, 0.15) is 12.4 Å². The van der Waals surface area contributed by atoms with E-state index in [1.54, 1.807) is 36.4 Å². The predicted molar refractivity (Wildman–Crippen MR) is 122 cm³/mol. The van der Waals surface area contributed by atoms with E-state index in [-0.39, 0.29) is 5.56 Å². The molecule has 0 fully saturated rings. The Bertz CT molecular complexity index is 1150. The summed E-state index contributed by atoms with van der Waals surface area (Å²) in [4.78, 5) is 37.8. The number of hydrogen-bond acceptors (Lipinski definition) is 6. The summed E-state index contributed by atoms with van der Waals surface area (Å²) >= 11 is 0. The van der Waals surface area contributed by atoms with Gasteiger partial charge in [0.2, 0.25) is 6.10 Å². The van der Waals surface area contributed by atoms with Crippen LogP contribution in [-0.2, 0) is 14.3 Å². The Balaban J connectivity index is 1.66. The third-order valence-electron chi connectivity index (χ3n) is 4.74. The molecule has 1 atom stereocenters. The molecule has 8 nitrogen and oxygen atoms in total. The third kappa shape index (κ3) is 6.32. The van der Waals surface area contributed by atoms with Gasteiger partial charge < -0.3 is 24.8 Å². The summed E-state index contributed by atoms with van der Waals surface area (Å²) < 4.78 is 28.8. The highest BCUT2D eigenvalue weighted by Gasteiger charge is 2.25. The maximum absolute atomic E-state index is 13.1. The van der Waals surface area contributed by atoms with E-state index in [2.05, 4.69) is 10.6 Å². The van der Waals surface area contributed by atoms with E-state index in [0.717, 1.165) is 0 Å². The van der Waals surface area contributed by atoms with Crippen LogP contribution in [0.4, 0.5) is 10.1 Å². The highest BCUT2D eigenvalue weighted by Crippen LogP contribution is 2.27. The van der Waals surface area contributed by atoms with Gasteiger partial charge in [-0.25, -0.2) is 4.39 Å². The molecular weight excluding hydrogens is 443 g/mol. The van der Waals surface area contributed by atoms with E-state index in [4.69, 9.17) is 14.2 Å². The lowest BCUT2D eigenvalue weighted by atomic mass is 10.1. The lowest BCUT2D eigenvalue weighted by Gasteiger charge is -2.18. The van der Waals surface area contributed by atoms with Crippen molar-refractivity contribution in [2.45, 2.75) is 6.10 Å². The second-order valence-electron chi connectivity index (χ2n) is 7.03. The van der Waals surface area contributed by atoms with Crippen molar-refractivity contribution in [3.8, 4) is 11.5 Å². The Labute approximate surface area is 195 Å². The number of amides is 2. The second-order valence-corrected chi connectivity index (χ2v) is 7.03. The van der Waals surface area contributed by atoms with Gasteiger partial charge in [0.15, 0.2) is 11.5 Å². The maximum atomic E-state index is 13.1. The van der Waals surface area contributed by atoms with Gasteiger partial charge in [0.25, 0.3) is 11.8 Å². The van der Waals surface area contributed by atoms with E-state index in [0.29, 0.717) is 22.7 Å². The second kappa shape index (κ2) is 11.5. The minimum Gasteiger partial charge on any atom is -0.493 e. The number of benzene rings is 3. The first-order valence-corrected chi connectivity index (χ1v) is 10.2. The minimum atomic E-state index is -1.28. The van der Waals surface area contributed by atoms with Crippen molar-refractivity contribution in [3.63, 3.8) is 0 Å². The topological polar surface area (TPSA) is 103 Å². The van der Waals surface area contributed by atoms with Crippen LogP contribution in [0.15, 0.2) is 72.8 Å². The fourth-order valence-electron chi connectivity index (χ4n) is 3.05. The number of halogens is 1. The number of carbonyl (C=O) groups excluding carboxylic acids is 3. The van der Waals surface area contributed by atoms with Crippen LogP contribution >= 0.6 is 0 Å². The SMILES string of the molecule is COc1ccc(C(=O)NCC(=O)OC(C(=O)Nc2ccc(F)cc2)c2ccccc2)cc1OC. The minimum absolute atomic E-state index is 0.249. The van der Waals surface area contributed by atoms with Gasteiger partial charge in [-0.15, -0.1) is 0 Å². The molecule has 0 spiro atoms. The van der Waals surface area contributed by atoms with Crippen LogP contribution in [0.25, 0.3) is 0 Å². The van der Waals surface area contributed by atoms with Crippen LogP contribution in [0, 0.1) is 5.82 Å². The van der Waals surface area contributed by atoms with E-state index in [9.17, 15) is 18.8 Å². The molecule has 2 amide bonds. The zero-order valence-electron chi connectivity index (χ0n) is 18.5. The smallest absolute Gasteiger partial charge is 0.326 e. The van der Waals surface area contributed by atoms with Crippen LogP contribution in [0.1, 0.15) is 22.0 Å². The summed E-state index contributed by atoms with van der Waals surface area (Å²) in [7, 11) is 2.92. The van der Waals surface area contributed by atoms with Crippen molar-refractivity contribution < 1.29 is 33.0 Å². The van der Waals surface area contributed by atoms with Gasteiger partial charge >= 0.3 is 5.97 Å². The van der Waals surface area contributed by atoms with Crippen LogP contribution in [0.3, 0.4) is 0 Å². The van der Waals surface area contributed by atoms with Crippen LogP contribution in [0.5, 0.6) is 11.5 Å². The Morgan fingerprint density at radius 1 is 0.882 bits per heavy atom. The molecular formula is C25H23FN2O6. The summed E-state index contributed by atoms with van der Waals surface area (Å²) in [5.41, 5.74) is 1.02. The van der Waals surface area contributed by atoms with E-state index in [1.165, 1.54) is 50.6 Å².